The van der Waals surface area contributed by atoms with Crippen LogP contribution in [0.25, 0.3) is 0 Å². The molecule has 1 unspecified atom stereocenters. The topological polar surface area (TPSA) is 37.7 Å². The van der Waals surface area contributed by atoms with Gasteiger partial charge in [-0.2, -0.15) is 0 Å². The number of hydrogen-bond donors (Lipinski definition) is 0. The lowest BCUT2D eigenvalue weighted by molar-refractivity contribution is 0.203. The van der Waals surface area contributed by atoms with Crippen LogP contribution in [-0.2, 0) is 12.8 Å². The molecule has 0 aliphatic heterocycles. The van der Waals surface area contributed by atoms with E-state index in [1.54, 1.807) is 0 Å². The number of rotatable bonds is 5. The number of fused-ring (bicyclic) bond motifs is 1. The molecule has 1 aromatic heterocycles. The van der Waals surface area contributed by atoms with Crippen molar-refractivity contribution < 1.29 is 4.74 Å². The molecule has 25 heavy (non-hydrogen) atoms. The van der Waals surface area contributed by atoms with Crippen LogP contribution in [0.1, 0.15) is 23.7 Å². The van der Waals surface area contributed by atoms with Crippen molar-refractivity contribution in [2.45, 2.75) is 32.8 Å². The van der Waals surface area contributed by atoms with Gasteiger partial charge in [0.2, 0.25) is 5.88 Å². The average molecular weight is 467 g/mol. The molecule has 6 heteroatoms. The molecule has 0 saturated carbocycles. The van der Waals surface area contributed by atoms with Crippen LogP contribution < -0.4 is 4.74 Å². The highest BCUT2D eigenvalue weighted by Gasteiger charge is 2.24. The first-order chi connectivity index (χ1) is 12.0. The molecule has 132 valence electrons. The van der Waals surface area contributed by atoms with Crippen LogP contribution in [0.5, 0.6) is 5.88 Å². The first-order valence-corrected chi connectivity index (χ1v) is 9.90. The van der Waals surface area contributed by atoms with E-state index in [9.17, 15) is 0 Å². The summed E-state index contributed by atoms with van der Waals surface area (Å²) >= 11 is 7.11. The molecule has 1 atom stereocenters. The van der Waals surface area contributed by atoms with Crippen molar-refractivity contribution in [2.75, 3.05) is 13.6 Å². The summed E-state index contributed by atoms with van der Waals surface area (Å²) in [6, 6.07) is 8.39. The van der Waals surface area contributed by atoms with Crippen LogP contribution in [0.3, 0.4) is 0 Å². The Hall–Kier alpha value is -1.40. The predicted octanol–water partition coefficient (Wildman–Crippen LogP) is 5.07. The quantitative estimate of drug-likeness (QED) is 0.455. The van der Waals surface area contributed by atoms with Gasteiger partial charge in [0.1, 0.15) is 6.10 Å². The molecule has 0 bridgehead atoms. The number of pyridine rings is 1. The van der Waals surface area contributed by atoms with Crippen molar-refractivity contribution >= 4 is 43.9 Å². The van der Waals surface area contributed by atoms with E-state index < -0.39 is 0 Å². The molecule has 1 aliphatic rings. The fourth-order valence-electron chi connectivity index (χ4n) is 2.79. The Morgan fingerprint density at radius 3 is 2.80 bits per heavy atom. The van der Waals surface area contributed by atoms with E-state index >= 15 is 0 Å². The van der Waals surface area contributed by atoms with Crippen molar-refractivity contribution in [2.24, 2.45) is 4.99 Å². The standard InChI is InChI=1S/C19H21Br2N3O/c1-4-24(3)11-22-18-10-17(21)19(23-12(18)2)25-16-8-13-5-6-15(20)7-14(13)9-16/h5-7,10-11,16H,4,8-9H2,1-3H3. The van der Waals surface area contributed by atoms with Gasteiger partial charge in [-0.3, -0.25) is 0 Å². The number of nitrogens with zero attached hydrogens (tertiary/aromatic N) is 3. The van der Waals surface area contributed by atoms with Gasteiger partial charge >= 0.3 is 0 Å². The molecule has 0 saturated heterocycles. The van der Waals surface area contributed by atoms with Crippen LogP contribution in [0.15, 0.2) is 38.2 Å². The monoisotopic (exact) mass is 465 g/mol. The third-order valence-corrected chi connectivity index (χ3v) is 5.40. The number of aromatic nitrogens is 1. The van der Waals surface area contributed by atoms with Gasteiger partial charge in [0.05, 0.1) is 22.2 Å². The molecule has 0 spiro atoms. The van der Waals surface area contributed by atoms with E-state index in [0.717, 1.165) is 39.7 Å². The van der Waals surface area contributed by atoms with Crippen molar-refractivity contribution in [3.63, 3.8) is 0 Å². The zero-order valence-corrected chi connectivity index (χ0v) is 17.8. The molecule has 0 amide bonds. The van der Waals surface area contributed by atoms with Gasteiger partial charge in [0.25, 0.3) is 0 Å². The average Bonchev–Trinajstić information content (AvgIpc) is 2.97. The molecule has 0 fully saturated rings. The van der Waals surface area contributed by atoms with Crippen LogP contribution in [0.2, 0.25) is 0 Å². The highest BCUT2D eigenvalue weighted by molar-refractivity contribution is 9.10. The Morgan fingerprint density at radius 1 is 1.28 bits per heavy atom. The van der Waals surface area contributed by atoms with Gasteiger partial charge in [-0.1, -0.05) is 22.0 Å². The maximum atomic E-state index is 6.18. The maximum absolute atomic E-state index is 6.18. The van der Waals surface area contributed by atoms with E-state index in [1.165, 1.54) is 11.1 Å². The second-order valence-electron chi connectivity index (χ2n) is 6.26. The van der Waals surface area contributed by atoms with Gasteiger partial charge in [-0.25, -0.2) is 9.98 Å². The molecule has 2 aromatic rings. The van der Waals surface area contributed by atoms with E-state index in [-0.39, 0.29) is 6.10 Å². The van der Waals surface area contributed by atoms with Gasteiger partial charge in [-0.15, -0.1) is 0 Å². The van der Waals surface area contributed by atoms with Crippen molar-refractivity contribution in [3.05, 3.63) is 50.0 Å². The minimum absolute atomic E-state index is 0.119. The SMILES string of the molecule is CCN(C)C=Nc1cc(Br)c(OC2Cc3ccc(Br)cc3C2)nc1C. The zero-order valence-electron chi connectivity index (χ0n) is 14.6. The number of aryl methyl sites for hydroxylation is 1. The van der Waals surface area contributed by atoms with Gasteiger partial charge < -0.3 is 9.64 Å². The molecule has 1 heterocycles. The van der Waals surface area contributed by atoms with E-state index in [1.807, 2.05) is 31.3 Å². The first kappa shape index (κ1) is 18.4. The Labute approximate surface area is 165 Å². The smallest absolute Gasteiger partial charge is 0.228 e. The Balaban J connectivity index is 1.74. The summed E-state index contributed by atoms with van der Waals surface area (Å²) in [6.45, 7) is 4.96. The highest BCUT2D eigenvalue weighted by Crippen LogP contribution is 2.33. The predicted molar refractivity (Wildman–Crippen MR) is 109 cm³/mol. The number of benzene rings is 1. The number of ether oxygens (including phenoxy) is 1. The third-order valence-electron chi connectivity index (χ3n) is 4.34. The summed E-state index contributed by atoms with van der Waals surface area (Å²) in [4.78, 5) is 11.1. The highest BCUT2D eigenvalue weighted by atomic mass is 79.9. The Morgan fingerprint density at radius 2 is 2.04 bits per heavy atom. The summed E-state index contributed by atoms with van der Waals surface area (Å²) in [6.07, 6.45) is 3.76. The summed E-state index contributed by atoms with van der Waals surface area (Å²) in [5.41, 5.74) is 4.40. The van der Waals surface area contributed by atoms with Gasteiger partial charge in [0, 0.05) is 30.9 Å². The van der Waals surface area contributed by atoms with Crippen molar-refractivity contribution in [1.29, 1.82) is 0 Å². The summed E-state index contributed by atoms with van der Waals surface area (Å²) < 4.78 is 8.12. The number of aliphatic imine (C=N–C) groups is 1. The molecule has 4 nitrogen and oxygen atoms in total. The molecule has 1 aliphatic carbocycles. The second kappa shape index (κ2) is 7.87. The summed E-state index contributed by atoms with van der Waals surface area (Å²) in [5.74, 6) is 0.636. The van der Waals surface area contributed by atoms with Gasteiger partial charge in [0.15, 0.2) is 0 Å². The van der Waals surface area contributed by atoms with Gasteiger partial charge in [-0.05, 0) is 59.1 Å². The van der Waals surface area contributed by atoms with Crippen LogP contribution >= 0.6 is 31.9 Å². The molecule has 3 rings (SSSR count). The third kappa shape index (κ3) is 4.42. The lowest BCUT2D eigenvalue weighted by Gasteiger charge is -2.15. The van der Waals surface area contributed by atoms with Crippen LogP contribution in [0.4, 0.5) is 5.69 Å². The normalized spacial score (nSPS) is 16.3. The first-order valence-electron chi connectivity index (χ1n) is 8.31. The van der Waals surface area contributed by atoms with E-state index in [4.69, 9.17) is 4.74 Å². The fourth-order valence-corrected chi connectivity index (χ4v) is 3.60. The number of halogens is 2. The Kier molecular flexibility index (Phi) is 5.79. The molecule has 1 aromatic carbocycles. The lowest BCUT2D eigenvalue weighted by atomic mass is 10.1. The van der Waals surface area contributed by atoms with Crippen molar-refractivity contribution in [1.82, 2.24) is 9.88 Å². The minimum Gasteiger partial charge on any atom is -0.473 e. The van der Waals surface area contributed by atoms with E-state index in [2.05, 4.69) is 67.0 Å². The molecular weight excluding hydrogens is 446 g/mol. The van der Waals surface area contributed by atoms with Crippen molar-refractivity contribution in [3.8, 4) is 5.88 Å². The summed E-state index contributed by atoms with van der Waals surface area (Å²) in [5, 5.41) is 0. The fraction of sp³-hybridized carbons (Fsp3) is 0.368. The molecule has 0 radical (unpaired) electrons. The van der Waals surface area contributed by atoms with Crippen LogP contribution in [0, 0.1) is 6.92 Å². The largest absolute Gasteiger partial charge is 0.473 e. The Bertz CT molecular complexity index is 807. The lowest BCUT2D eigenvalue weighted by Crippen LogP contribution is -2.17. The second-order valence-corrected chi connectivity index (χ2v) is 8.03. The number of hydrogen-bond acceptors (Lipinski definition) is 3. The molecule has 0 N–H and O–H groups in total. The van der Waals surface area contributed by atoms with E-state index in [0.29, 0.717) is 5.88 Å². The maximum Gasteiger partial charge on any atom is 0.228 e. The zero-order chi connectivity index (χ0) is 18.0. The minimum atomic E-state index is 0.119. The van der Waals surface area contributed by atoms with Crippen LogP contribution in [-0.4, -0.2) is 35.9 Å². The molecular formula is C19H21Br2N3O. The summed E-state index contributed by atoms with van der Waals surface area (Å²) in [7, 11) is 1.99.